The van der Waals surface area contributed by atoms with E-state index in [9.17, 15) is 4.79 Å². The molecule has 0 radical (unpaired) electrons. The van der Waals surface area contributed by atoms with Gasteiger partial charge in [0.2, 0.25) is 11.8 Å². The van der Waals surface area contributed by atoms with Gasteiger partial charge in [0.1, 0.15) is 0 Å². The summed E-state index contributed by atoms with van der Waals surface area (Å²) in [5.74, 6) is 3.33. The summed E-state index contributed by atoms with van der Waals surface area (Å²) in [6.45, 7) is 3.81. The third-order valence-electron chi connectivity index (χ3n) is 5.45. The maximum absolute atomic E-state index is 12.5. The van der Waals surface area contributed by atoms with Crippen LogP contribution >= 0.6 is 0 Å². The quantitative estimate of drug-likeness (QED) is 0.899. The molecule has 2 atom stereocenters. The van der Waals surface area contributed by atoms with Gasteiger partial charge in [-0.15, -0.1) is 0 Å². The zero-order chi connectivity index (χ0) is 15.6. The predicted octanol–water partition coefficient (Wildman–Crippen LogP) is 2.04. The van der Waals surface area contributed by atoms with E-state index in [0.717, 1.165) is 57.2 Å². The standard InChI is InChI=1S/C17H26N4O2/c22-15(6-3-12-7-8-18-10-12)21-9-1-2-14(11-21)16-19-17(23-20-16)13-4-5-13/h12-14,18H,1-11H2. The largest absolute Gasteiger partial charge is 0.342 e. The minimum absolute atomic E-state index is 0.247. The first-order valence-electron chi connectivity index (χ1n) is 9.11. The minimum atomic E-state index is 0.247. The molecule has 1 aromatic heterocycles. The second-order valence-corrected chi connectivity index (χ2v) is 7.34. The molecule has 0 spiro atoms. The van der Waals surface area contributed by atoms with Crippen LogP contribution in [0.4, 0.5) is 0 Å². The topological polar surface area (TPSA) is 71.3 Å². The normalized spacial score (nSPS) is 28.3. The fraction of sp³-hybridized carbons (Fsp3) is 0.824. The van der Waals surface area contributed by atoms with E-state index >= 15 is 0 Å². The van der Waals surface area contributed by atoms with Gasteiger partial charge in [0, 0.05) is 31.3 Å². The summed E-state index contributed by atoms with van der Waals surface area (Å²) < 4.78 is 5.38. The van der Waals surface area contributed by atoms with E-state index in [-0.39, 0.29) is 5.92 Å². The van der Waals surface area contributed by atoms with Gasteiger partial charge >= 0.3 is 0 Å². The third-order valence-corrected chi connectivity index (χ3v) is 5.45. The Morgan fingerprint density at radius 1 is 1.26 bits per heavy atom. The Labute approximate surface area is 137 Å². The highest BCUT2D eigenvalue weighted by atomic mass is 16.5. The zero-order valence-electron chi connectivity index (χ0n) is 13.7. The molecule has 1 aromatic rings. The molecule has 2 saturated heterocycles. The Balaban J connectivity index is 1.31. The Morgan fingerprint density at radius 2 is 2.17 bits per heavy atom. The summed E-state index contributed by atoms with van der Waals surface area (Å²) in [4.78, 5) is 19.1. The number of carbonyl (C=O) groups is 1. The van der Waals surface area contributed by atoms with Crippen molar-refractivity contribution in [3.8, 4) is 0 Å². The minimum Gasteiger partial charge on any atom is -0.342 e. The molecule has 0 aromatic carbocycles. The molecule has 0 bridgehead atoms. The molecular formula is C17H26N4O2. The molecule has 6 nitrogen and oxygen atoms in total. The average molecular weight is 318 g/mol. The molecule has 4 rings (SSSR count). The van der Waals surface area contributed by atoms with Crippen molar-refractivity contribution in [1.82, 2.24) is 20.4 Å². The number of hydrogen-bond donors (Lipinski definition) is 1. The summed E-state index contributed by atoms with van der Waals surface area (Å²) in [5.41, 5.74) is 0. The molecule has 1 N–H and O–H groups in total. The fourth-order valence-corrected chi connectivity index (χ4v) is 3.77. The number of carbonyl (C=O) groups excluding carboxylic acids is 1. The number of nitrogens with one attached hydrogen (secondary N) is 1. The Kier molecular flexibility index (Phi) is 4.33. The molecule has 2 unspecified atom stereocenters. The van der Waals surface area contributed by atoms with Gasteiger partial charge in [-0.1, -0.05) is 5.16 Å². The van der Waals surface area contributed by atoms with E-state index in [2.05, 4.69) is 15.5 Å². The highest BCUT2D eigenvalue weighted by Gasteiger charge is 2.33. The molecule has 23 heavy (non-hydrogen) atoms. The van der Waals surface area contributed by atoms with E-state index < -0.39 is 0 Å². The second kappa shape index (κ2) is 6.59. The van der Waals surface area contributed by atoms with E-state index in [1.54, 1.807) is 0 Å². The van der Waals surface area contributed by atoms with Gasteiger partial charge in [0.25, 0.3) is 0 Å². The molecule has 1 aliphatic carbocycles. The van der Waals surface area contributed by atoms with Crippen molar-refractivity contribution < 1.29 is 9.32 Å². The average Bonchev–Trinajstić information content (AvgIpc) is 3.11. The monoisotopic (exact) mass is 318 g/mol. The van der Waals surface area contributed by atoms with Gasteiger partial charge in [-0.3, -0.25) is 4.79 Å². The van der Waals surface area contributed by atoms with Crippen LogP contribution in [-0.2, 0) is 4.79 Å². The van der Waals surface area contributed by atoms with Crippen molar-refractivity contribution in [1.29, 1.82) is 0 Å². The van der Waals surface area contributed by atoms with Crippen molar-refractivity contribution in [3.05, 3.63) is 11.7 Å². The van der Waals surface area contributed by atoms with Crippen LogP contribution in [0.25, 0.3) is 0 Å². The summed E-state index contributed by atoms with van der Waals surface area (Å²) in [6.07, 6.45) is 7.34. The van der Waals surface area contributed by atoms with E-state index in [0.29, 0.717) is 24.2 Å². The lowest BCUT2D eigenvalue weighted by Crippen LogP contribution is -2.39. The van der Waals surface area contributed by atoms with Crippen LogP contribution in [0.1, 0.15) is 68.5 Å². The SMILES string of the molecule is O=C(CCC1CCNC1)N1CCCC(c2noc(C3CC3)n2)C1. The molecule has 2 aliphatic heterocycles. The Hall–Kier alpha value is -1.43. The van der Waals surface area contributed by atoms with Crippen LogP contribution in [0.5, 0.6) is 0 Å². The summed E-state index contributed by atoms with van der Waals surface area (Å²) in [7, 11) is 0. The number of hydrogen-bond acceptors (Lipinski definition) is 5. The van der Waals surface area contributed by atoms with Gasteiger partial charge in [0.05, 0.1) is 0 Å². The smallest absolute Gasteiger partial charge is 0.229 e. The molecule has 1 saturated carbocycles. The van der Waals surface area contributed by atoms with Crippen LogP contribution in [0.2, 0.25) is 0 Å². The summed E-state index contributed by atoms with van der Waals surface area (Å²) >= 11 is 0. The number of nitrogens with zero attached hydrogens (tertiary/aromatic N) is 3. The van der Waals surface area contributed by atoms with Crippen LogP contribution in [-0.4, -0.2) is 47.1 Å². The van der Waals surface area contributed by atoms with Crippen LogP contribution in [0.15, 0.2) is 4.52 Å². The number of amides is 1. The lowest BCUT2D eigenvalue weighted by atomic mass is 9.96. The van der Waals surface area contributed by atoms with Crippen LogP contribution in [0, 0.1) is 5.92 Å². The first kappa shape index (κ1) is 15.1. The van der Waals surface area contributed by atoms with E-state index in [1.807, 2.05) is 4.90 Å². The summed E-state index contributed by atoms with van der Waals surface area (Å²) in [6, 6.07) is 0. The lowest BCUT2D eigenvalue weighted by molar-refractivity contribution is -0.132. The van der Waals surface area contributed by atoms with Gasteiger partial charge in [-0.05, 0) is 57.5 Å². The molecule has 3 aliphatic rings. The fourth-order valence-electron chi connectivity index (χ4n) is 3.77. The first-order chi connectivity index (χ1) is 11.3. The maximum Gasteiger partial charge on any atom is 0.229 e. The number of piperidine rings is 1. The molecule has 1 amide bonds. The van der Waals surface area contributed by atoms with Gasteiger partial charge in [0.15, 0.2) is 5.82 Å². The number of aromatic nitrogens is 2. The molecule has 6 heteroatoms. The van der Waals surface area contributed by atoms with Crippen molar-refractivity contribution in [2.45, 2.75) is 56.8 Å². The predicted molar refractivity (Wildman–Crippen MR) is 85.0 cm³/mol. The van der Waals surface area contributed by atoms with Crippen molar-refractivity contribution in [2.75, 3.05) is 26.2 Å². The van der Waals surface area contributed by atoms with E-state index in [4.69, 9.17) is 4.52 Å². The zero-order valence-corrected chi connectivity index (χ0v) is 13.7. The highest BCUT2D eigenvalue weighted by Crippen LogP contribution is 2.39. The molecular weight excluding hydrogens is 292 g/mol. The van der Waals surface area contributed by atoms with Crippen molar-refractivity contribution >= 4 is 5.91 Å². The molecule has 126 valence electrons. The van der Waals surface area contributed by atoms with Gasteiger partial charge in [-0.2, -0.15) is 4.98 Å². The molecule has 3 fully saturated rings. The maximum atomic E-state index is 12.5. The Morgan fingerprint density at radius 3 is 2.96 bits per heavy atom. The summed E-state index contributed by atoms with van der Waals surface area (Å²) in [5, 5.41) is 7.54. The first-order valence-corrected chi connectivity index (χ1v) is 9.11. The Bertz CT molecular complexity index is 549. The van der Waals surface area contributed by atoms with Crippen molar-refractivity contribution in [2.24, 2.45) is 5.92 Å². The second-order valence-electron chi connectivity index (χ2n) is 7.34. The molecule has 3 heterocycles. The van der Waals surface area contributed by atoms with E-state index in [1.165, 1.54) is 19.3 Å². The van der Waals surface area contributed by atoms with Gasteiger partial charge in [-0.25, -0.2) is 0 Å². The lowest BCUT2D eigenvalue weighted by Gasteiger charge is -2.31. The third kappa shape index (κ3) is 3.57. The number of likely N-dealkylation sites (tertiary alicyclic amines) is 1. The van der Waals surface area contributed by atoms with Crippen LogP contribution < -0.4 is 5.32 Å². The van der Waals surface area contributed by atoms with Gasteiger partial charge < -0.3 is 14.7 Å². The van der Waals surface area contributed by atoms with Crippen molar-refractivity contribution in [3.63, 3.8) is 0 Å². The highest BCUT2D eigenvalue weighted by molar-refractivity contribution is 5.76. The number of rotatable bonds is 5. The van der Waals surface area contributed by atoms with Crippen LogP contribution in [0.3, 0.4) is 0 Å².